The molecule has 1 rings (SSSR count). The molecule has 0 aliphatic rings. The second-order valence-corrected chi connectivity index (χ2v) is 4.39. The van der Waals surface area contributed by atoms with Gasteiger partial charge in [0.1, 0.15) is 11.8 Å². The molecular formula is C11H13BrClF2NO3. The highest BCUT2D eigenvalue weighted by Crippen LogP contribution is 2.34. The largest absolute Gasteiger partial charge is 0.507 e. The van der Waals surface area contributed by atoms with Crippen molar-refractivity contribution in [3.63, 3.8) is 0 Å². The number of ether oxygens (including phenoxy) is 1. The van der Waals surface area contributed by atoms with Crippen LogP contribution in [0.25, 0.3) is 0 Å². The van der Waals surface area contributed by atoms with Crippen molar-refractivity contribution in [3.05, 3.63) is 28.2 Å². The number of phenols is 1. The highest BCUT2D eigenvalue weighted by molar-refractivity contribution is 9.10. The molecule has 0 bridgehead atoms. The normalized spacial score (nSPS) is 12.5. The number of hydrogen-bond acceptors (Lipinski definition) is 4. The minimum atomic E-state index is -3.83. The van der Waals surface area contributed by atoms with Crippen molar-refractivity contribution in [2.75, 3.05) is 6.61 Å². The molecule has 0 radical (unpaired) electrons. The maximum Gasteiger partial charge on any atom is 0.379 e. The topological polar surface area (TPSA) is 72.5 Å². The first-order valence-corrected chi connectivity index (χ1v) is 5.89. The quantitative estimate of drug-likeness (QED) is 0.810. The summed E-state index contributed by atoms with van der Waals surface area (Å²) in [5.41, 5.74) is 5.38. The van der Waals surface area contributed by atoms with Crippen LogP contribution in [-0.4, -0.2) is 23.6 Å². The van der Waals surface area contributed by atoms with Gasteiger partial charge in [-0.3, -0.25) is 0 Å². The molecule has 0 heterocycles. The number of carbonyl (C=O) groups excluding carboxylic acids is 1. The van der Waals surface area contributed by atoms with Gasteiger partial charge in [-0.25, -0.2) is 4.79 Å². The van der Waals surface area contributed by atoms with Gasteiger partial charge in [0.05, 0.1) is 11.1 Å². The maximum atomic E-state index is 13.6. The van der Waals surface area contributed by atoms with E-state index in [0.717, 1.165) is 0 Å². The Kier molecular flexibility index (Phi) is 6.68. The lowest BCUT2D eigenvalue weighted by Gasteiger charge is -2.22. The Balaban J connectivity index is 0.00000324. The van der Waals surface area contributed by atoms with Crippen LogP contribution in [0.4, 0.5) is 8.78 Å². The van der Waals surface area contributed by atoms with Crippen molar-refractivity contribution >= 4 is 34.3 Å². The molecule has 1 aromatic carbocycles. The Bertz CT molecular complexity index is 460. The summed E-state index contributed by atoms with van der Waals surface area (Å²) in [7, 11) is 0. The first-order chi connectivity index (χ1) is 8.30. The smallest absolute Gasteiger partial charge is 0.379 e. The summed E-state index contributed by atoms with van der Waals surface area (Å²) < 4.78 is 31.8. The van der Waals surface area contributed by atoms with E-state index in [9.17, 15) is 18.7 Å². The lowest BCUT2D eigenvalue weighted by atomic mass is 10.0. The summed E-state index contributed by atoms with van der Waals surface area (Å²) in [6.07, 6.45) is 0. The zero-order valence-corrected chi connectivity index (χ0v) is 12.3. The second kappa shape index (κ2) is 7.02. The summed E-state index contributed by atoms with van der Waals surface area (Å²) in [5.74, 6) is -5.60. The molecule has 0 saturated carbocycles. The minimum absolute atomic E-state index is 0. The molecular weight excluding hydrogens is 347 g/mol. The molecule has 108 valence electrons. The summed E-state index contributed by atoms with van der Waals surface area (Å²) in [6.45, 7) is 1.27. The van der Waals surface area contributed by atoms with Crippen LogP contribution in [0.3, 0.4) is 0 Å². The van der Waals surface area contributed by atoms with Crippen molar-refractivity contribution in [1.29, 1.82) is 0 Å². The van der Waals surface area contributed by atoms with Crippen molar-refractivity contribution in [2.24, 2.45) is 5.73 Å². The van der Waals surface area contributed by atoms with Crippen LogP contribution in [0, 0.1) is 0 Å². The number of hydrogen-bond donors (Lipinski definition) is 2. The molecule has 0 amide bonds. The number of aromatic hydroxyl groups is 1. The number of phenolic OH excluding ortho intramolecular Hbond substituents is 1. The van der Waals surface area contributed by atoms with E-state index in [0.29, 0.717) is 0 Å². The molecule has 0 aromatic heterocycles. The molecule has 0 aliphatic carbocycles. The van der Waals surface area contributed by atoms with Gasteiger partial charge in [-0.2, -0.15) is 8.78 Å². The van der Waals surface area contributed by atoms with Crippen molar-refractivity contribution in [3.8, 4) is 5.75 Å². The number of esters is 1. The van der Waals surface area contributed by atoms with E-state index in [1.54, 1.807) is 0 Å². The van der Waals surface area contributed by atoms with E-state index in [2.05, 4.69) is 20.7 Å². The van der Waals surface area contributed by atoms with Gasteiger partial charge in [-0.05, 0) is 40.5 Å². The minimum Gasteiger partial charge on any atom is -0.507 e. The van der Waals surface area contributed by atoms with E-state index < -0.39 is 17.9 Å². The Labute approximate surface area is 123 Å². The van der Waals surface area contributed by atoms with Gasteiger partial charge in [0, 0.05) is 0 Å². The first-order valence-electron chi connectivity index (χ1n) is 5.09. The van der Waals surface area contributed by atoms with Crippen LogP contribution in [0.2, 0.25) is 0 Å². The summed E-state index contributed by atoms with van der Waals surface area (Å²) in [4.78, 5) is 11.1. The van der Waals surface area contributed by atoms with E-state index in [1.807, 2.05) is 0 Å². The Morgan fingerprint density at radius 3 is 2.63 bits per heavy atom. The monoisotopic (exact) mass is 359 g/mol. The molecule has 4 nitrogen and oxygen atoms in total. The molecule has 0 fully saturated rings. The SMILES string of the molecule is CCOC(=O)C(F)(F)[C@H](N)c1ccc(O)c(Br)c1.Cl. The van der Waals surface area contributed by atoms with Crippen molar-refractivity contribution in [2.45, 2.75) is 18.9 Å². The average molecular weight is 361 g/mol. The fraction of sp³-hybridized carbons (Fsp3) is 0.364. The van der Waals surface area contributed by atoms with Crippen molar-refractivity contribution < 1.29 is 23.4 Å². The molecule has 19 heavy (non-hydrogen) atoms. The van der Waals surface area contributed by atoms with Crippen LogP contribution in [0.5, 0.6) is 5.75 Å². The number of benzene rings is 1. The summed E-state index contributed by atoms with van der Waals surface area (Å²) in [5, 5.41) is 9.25. The average Bonchev–Trinajstić information content (AvgIpc) is 2.32. The Morgan fingerprint density at radius 1 is 1.58 bits per heavy atom. The van der Waals surface area contributed by atoms with Gasteiger partial charge >= 0.3 is 11.9 Å². The van der Waals surface area contributed by atoms with E-state index >= 15 is 0 Å². The molecule has 0 saturated heterocycles. The zero-order valence-electron chi connectivity index (χ0n) is 9.90. The fourth-order valence-corrected chi connectivity index (χ4v) is 1.68. The zero-order chi connectivity index (χ0) is 13.9. The molecule has 3 N–H and O–H groups in total. The van der Waals surface area contributed by atoms with Gasteiger partial charge in [-0.1, -0.05) is 6.07 Å². The molecule has 8 heteroatoms. The van der Waals surface area contributed by atoms with Crippen LogP contribution in [-0.2, 0) is 9.53 Å². The lowest BCUT2D eigenvalue weighted by Crippen LogP contribution is -2.41. The molecule has 1 aromatic rings. The fourth-order valence-electron chi connectivity index (χ4n) is 1.28. The Morgan fingerprint density at radius 2 is 2.16 bits per heavy atom. The molecule has 0 unspecified atom stereocenters. The standard InChI is InChI=1S/C11H12BrF2NO3.ClH/c1-2-18-10(17)11(13,14)9(15)6-3-4-8(16)7(12)5-6;/h3-5,9,16H,2,15H2,1H3;1H/t9-;/m1./s1. The first kappa shape index (κ1) is 18.1. The number of rotatable bonds is 4. The number of halogens is 4. The number of nitrogens with two attached hydrogens (primary N) is 1. The van der Waals surface area contributed by atoms with Gasteiger partial charge in [0.2, 0.25) is 0 Å². The van der Waals surface area contributed by atoms with Gasteiger partial charge in [-0.15, -0.1) is 12.4 Å². The molecule has 0 spiro atoms. The Hall–Kier alpha value is -0.920. The predicted molar refractivity (Wildman–Crippen MR) is 71.6 cm³/mol. The highest BCUT2D eigenvalue weighted by Gasteiger charge is 2.47. The predicted octanol–water partition coefficient (Wildman–Crippen LogP) is 2.77. The van der Waals surface area contributed by atoms with Crippen LogP contribution >= 0.6 is 28.3 Å². The van der Waals surface area contributed by atoms with Gasteiger partial charge < -0.3 is 15.6 Å². The third-order valence-corrected chi connectivity index (χ3v) is 2.90. The summed E-state index contributed by atoms with van der Waals surface area (Å²) in [6, 6.07) is 1.82. The van der Waals surface area contributed by atoms with Crippen LogP contribution < -0.4 is 5.73 Å². The highest BCUT2D eigenvalue weighted by atomic mass is 79.9. The molecule has 1 atom stereocenters. The lowest BCUT2D eigenvalue weighted by molar-refractivity contribution is -0.174. The van der Waals surface area contributed by atoms with Crippen molar-refractivity contribution in [1.82, 2.24) is 0 Å². The van der Waals surface area contributed by atoms with Crippen LogP contribution in [0.1, 0.15) is 18.5 Å². The third-order valence-electron chi connectivity index (χ3n) is 2.27. The number of alkyl halides is 2. The van der Waals surface area contributed by atoms with Crippen LogP contribution in [0.15, 0.2) is 22.7 Å². The third kappa shape index (κ3) is 4.02. The van der Waals surface area contributed by atoms with Gasteiger partial charge in [0.15, 0.2) is 0 Å². The summed E-state index contributed by atoms with van der Waals surface area (Å²) >= 11 is 2.98. The second-order valence-electron chi connectivity index (χ2n) is 3.53. The molecule has 0 aliphatic heterocycles. The van der Waals surface area contributed by atoms with E-state index in [1.165, 1.54) is 25.1 Å². The maximum absolute atomic E-state index is 13.6. The van der Waals surface area contributed by atoms with E-state index in [-0.39, 0.29) is 34.8 Å². The van der Waals surface area contributed by atoms with E-state index in [4.69, 9.17) is 5.73 Å². The van der Waals surface area contributed by atoms with Gasteiger partial charge in [0.25, 0.3) is 0 Å². The number of carbonyl (C=O) groups is 1.